The second-order valence-corrected chi connectivity index (χ2v) is 8.76. The van der Waals surface area contributed by atoms with Gasteiger partial charge in [-0.2, -0.15) is 0 Å². The molecule has 6 atom stereocenters. The summed E-state index contributed by atoms with van der Waals surface area (Å²) in [6.07, 6.45) is -2.48. The van der Waals surface area contributed by atoms with E-state index >= 15 is 0 Å². The number of carboxylic acids is 1. The predicted octanol–water partition coefficient (Wildman–Crippen LogP) is 4.66. The molecule has 2 saturated heterocycles. The summed E-state index contributed by atoms with van der Waals surface area (Å²) in [5.74, 6) is -1.09. The van der Waals surface area contributed by atoms with Crippen molar-refractivity contribution in [2.75, 3.05) is 13.7 Å². The number of carboxylic acid groups (broad SMARTS) is 1. The van der Waals surface area contributed by atoms with Crippen LogP contribution in [-0.2, 0) is 18.9 Å². The topological polar surface area (TPSA) is 123 Å². The SMILES string of the molecule is CO[C@H]1C(N=[N+]=[N-])[C@H]2OC(c3ccccc3)OCC2O[C@@H]1Sc1cc(Cl)ccc1C(=O)O. The van der Waals surface area contributed by atoms with Gasteiger partial charge in [0.05, 0.1) is 18.2 Å². The van der Waals surface area contributed by atoms with E-state index < -0.39 is 42.0 Å². The van der Waals surface area contributed by atoms with E-state index in [9.17, 15) is 15.4 Å². The van der Waals surface area contributed by atoms with Crippen molar-refractivity contribution in [3.8, 4) is 0 Å². The highest BCUT2D eigenvalue weighted by Crippen LogP contribution is 2.42. The van der Waals surface area contributed by atoms with Gasteiger partial charge < -0.3 is 24.1 Å². The Morgan fingerprint density at radius 2 is 2.06 bits per heavy atom. The number of aromatic carboxylic acids is 1. The molecule has 2 aliphatic heterocycles. The average molecular weight is 478 g/mol. The molecular formula is C21H20ClN3O6S. The fraction of sp³-hybridized carbons (Fsp3) is 0.381. The van der Waals surface area contributed by atoms with Crippen molar-refractivity contribution in [2.24, 2.45) is 5.11 Å². The van der Waals surface area contributed by atoms with Gasteiger partial charge >= 0.3 is 5.97 Å². The van der Waals surface area contributed by atoms with Gasteiger partial charge in [-0.1, -0.05) is 58.8 Å². The molecule has 0 saturated carbocycles. The summed E-state index contributed by atoms with van der Waals surface area (Å²) in [5, 5.41) is 13.9. The summed E-state index contributed by atoms with van der Waals surface area (Å²) in [4.78, 5) is 15.1. The fourth-order valence-electron chi connectivity index (χ4n) is 3.78. The van der Waals surface area contributed by atoms with Gasteiger partial charge in [-0.25, -0.2) is 4.79 Å². The quantitative estimate of drug-likeness (QED) is 0.364. The fourth-order valence-corrected chi connectivity index (χ4v) is 5.35. The van der Waals surface area contributed by atoms with E-state index in [1.54, 1.807) is 6.07 Å². The van der Waals surface area contributed by atoms with Crippen LogP contribution in [0.4, 0.5) is 0 Å². The number of halogens is 1. The number of thioether (sulfide) groups is 1. The zero-order chi connectivity index (χ0) is 22.7. The first-order valence-electron chi connectivity index (χ1n) is 9.75. The normalized spacial score (nSPS) is 29.6. The molecule has 11 heteroatoms. The summed E-state index contributed by atoms with van der Waals surface area (Å²) < 4.78 is 23.8. The largest absolute Gasteiger partial charge is 0.478 e. The Balaban J connectivity index is 1.61. The lowest BCUT2D eigenvalue weighted by atomic mass is 9.96. The second kappa shape index (κ2) is 10.1. The summed E-state index contributed by atoms with van der Waals surface area (Å²) in [5.41, 5.74) is 9.44. The maximum atomic E-state index is 11.7. The Hall–Kier alpha value is -2.30. The van der Waals surface area contributed by atoms with E-state index in [0.29, 0.717) is 9.92 Å². The average Bonchev–Trinajstić information content (AvgIpc) is 2.79. The van der Waals surface area contributed by atoms with Crippen LogP contribution in [-0.4, -0.2) is 54.6 Å². The molecule has 0 spiro atoms. The van der Waals surface area contributed by atoms with Crippen LogP contribution in [0.2, 0.25) is 5.02 Å². The van der Waals surface area contributed by atoms with E-state index in [2.05, 4.69) is 10.0 Å². The van der Waals surface area contributed by atoms with Crippen LogP contribution in [0.3, 0.4) is 0 Å². The molecule has 0 aliphatic carbocycles. The summed E-state index contributed by atoms with van der Waals surface area (Å²) in [6.45, 7) is 0.205. The van der Waals surface area contributed by atoms with Gasteiger partial charge in [-0.3, -0.25) is 0 Å². The van der Waals surface area contributed by atoms with Crippen molar-refractivity contribution in [2.45, 2.75) is 41.0 Å². The van der Waals surface area contributed by atoms with Crippen LogP contribution >= 0.6 is 23.4 Å². The number of hydrogen-bond acceptors (Lipinski definition) is 7. The summed E-state index contributed by atoms with van der Waals surface area (Å²) in [7, 11) is 1.48. The first kappa shape index (κ1) is 22.9. The number of carbonyl (C=O) groups is 1. The van der Waals surface area contributed by atoms with Crippen molar-refractivity contribution in [3.63, 3.8) is 0 Å². The second-order valence-electron chi connectivity index (χ2n) is 7.18. The Bertz CT molecular complexity index is 1020. The molecule has 3 unspecified atom stereocenters. The molecule has 2 fully saturated rings. The van der Waals surface area contributed by atoms with Gasteiger partial charge in [0, 0.05) is 27.5 Å². The Morgan fingerprint density at radius 1 is 1.28 bits per heavy atom. The van der Waals surface area contributed by atoms with Crippen LogP contribution in [0.5, 0.6) is 0 Å². The molecule has 0 bridgehead atoms. The first-order valence-corrected chi connectivity index (χ1v) is 11.0. The summed E-state index contributed by atoms with van der Waals surface area (Å²) >= 11 is 7.23. The molecule has 2 aliphatic rings. The zero-order valence-electron chi connectivity index (χ0n) is 16.9. The number of ether oxygens (including phenoxy) is 4. The number of methoxy groups -OCH3 is 1. The molecule has 168 valence electrons. The van der Waals surface area contributed by atoms with Crippen LogP contribution in [0, 0.1) is 0 Å². The van der Waals surface area contributed by atoms with Crippen LogP contribution in [0.25, 0.3) is 10.4 Å². The molecule has 32 heavy (non-hydrogen) atoms. The molecule has 2 heterocycles. The number of rotatable bonds is 6. The molecule has 0 aromatic heterocycles. The van der Waals surface area contributed by atoms with E-state index in [0.717, 1.165) is 17.3 Å². The Kier molecular flexibility index (Phi) is 7.22. The van der Waals surface area contributed by atoms with Crippen molar-refractivity contribution >= 4 is 29.3 Å². The van der Waals surface area contributed by atoms with Gasteiger partial charge in [-0.05, 0) is 23.7 Å². The number of fused-ring (bicyclic) bond motifs is 1. The number of hydrogen-bond donors (Lipinski definition) is 1. The van der Waals surface area contributed by atoms with Gasteiger partial charge in [0.2, 0.25) is 0 Å². The van der Waals surface area contributed by atoms with Crippen LogP contribution in [0.1, 0.15) is 22.2 Å². The molecule has 2 aromatic rings. The lowest BCUT2D eigenvalue weighted by Crippen LogP contribution is -2.60. The summed E-state index contributed by atoms with van der Waals surface area (Å²) in [6, 6.07) is 13.2. The molecule has 0 radical (unpaired) electrons. The minimum Gasteiger partial charge on any atom is -0.478 e. The molecule has 0 amide bonds. The third kappa shape index (κ3) is 4.72. The third-order valence-corrected chi connectivity index (χ3v) is 6.69. The lowest BCUT2D eigenvalue weighted by molar-refractivity contribution is -0.298. The highest BCUT2D eigenvalue weighted by atomic mass is 35.5. The standard InChI is InChI=1S/C21H20ClN3O6S/c1-28-18-16(24-25-23)17-14(10-29-20(31-17)11-5-3-2-4-6-11)30-21(18)32-15-9-12(22)7-8-13(15)19(26)27/h2-9,14,16-18,20-21H,10H2,1H3,(H,26,27)/t14?,16?,17-,18-,20?,21+/m0/s1. The van der Waals surface area contributed by atoms with Crippen molar-refractivity contribution in [1.82, 2.24) is 0 Å². The Labute approximate surface area is 193 Å². The lowest BCUT2D eigenvalue weighted by Gasteiger charge is -2.47. The Morgan fingerprint density at radius 3 is 2.75 bits per heavy atom. The smallest absolute Gasteiger partial charge is 0.336 e. The minimum absolute atomic E-state index is 0.0839. The highest BCUT2D eigenvalue weighted by molar-refractivity contribution is 8.00. The number of benzene rings is 2. The minimum atomic E-state index is -1.09. The van der Waals surface area contributed by atoms with Gasteiger partial charge in [0.25, 0.3) is 0 Å². The molecule has 1 N–H and O–H groups in total. The monoisotopic (exact) mass is 477 g/mol. The van der Waals surface area contributed by atoms with E-state index in [-0.39, 0.29) is 12.2 Å². The van der Waals surface area contributed by atoms with Crippen molar-refractivity contribution in [1.29, 1.82) is 0 Å². The van der Waals surface area contributed by atoms with Gasteiger partial charge in [0.1, 0.15) is 23.7 Å². The van der Waals surface area contributed by atoms with Gasteiger partial charge in [0.15, 0.2) is 6.29 Å². The molecule has 4 rings (SSSR count). The van der Waals surface area contributed by atoms with Crippen molar-refractivity contribution in [3.05, 3.63) is 75.1 Å². The zero-order valence-corrected chi connectivity index (χ0v) is 18.5. The van der Waals surface area contributed by atoms with Crippen LogP contribution in [0.15, 0.2) is 58.5 Å². The van der Waals surface area contributed by atoms with E-state index in [1.807, 2.05) is 30.3 Å². The van der Waals surface area contributed by atoms with E-state index in [1.165, 1.54) is 19.2 Å². The number of nitrogens with zero attached hydrogens (tertiary/aromatic N) is 3. The van der Waals surface area contributed by atoms with Gasteiger partial charge in [-0.15, -0.1) is 0 Å². The van der Waals surface area contributed by atoms with Crippen molar-refractivity contribution < 1.29 is 28.8 Å². The first-order chi connectivity index (χ1) is 15.5. The predicted molar refractivity (Wildman–Crippen MR) is 117 cm³/mol. The van der Waals surface area contributed by atoms with Crippen LogP contribution < -0.4 is 0 Å². The number of azide groups is 1. The van der Waals surface area contributed by atoms with E-state index in [4.69, 9.17) is 30.5 Å². The third-order valence-electron chi connectivity index (χ3n) is 5.26. The molecule has 9 nitrogen and oxygen atoms in total. The maximum Gasteiger partial charge on any atom is 0.336 e. The molecular weight excluding hydrogens is 458 g/mol. The molecule has 2 aromatic carbocycles. The maximum absolute atomic E-state index is 11.7. The highest BCUT2D eigenvalue weighted by Gasteiger charge is 2.50.